The van der Waals surface area contributed by atoms with Gasteiger partial charge in [-0.1, -0.05) is 12.1 Å². The van der Waals surface area contributed by atoms with Crippen molar-refractivity contribution in [1.82, 2.24) is 14.7 Å². The molecule has 0 radical (unpaired) electrons. The van der Waals surface area contributed by atoms with Crippen LogP contribution in [-0.4, -0.2) is 45.0 Å². The molecule has 0 bridgehead atoms. The molecule has 0 amide bonds. The van der Waals surface area contributed by atoms with Crippen LogP contribution in [0.2, 0.25) is 0 Å². The van der Waals surface area contributed by atoms with Crippen LogP contribution in [0, 0.1) is 0 Å². The molecule has 1 aliphatic heterocycles. The van der Waals surface area contributed by atoms with E-state index in [1.807, 2.05) is 6.07 Å². The van der Waals surface area contributed by atoms with E-state index in [-0.39, 0.29) is 16.4 Å². The fourth-order valence-electron chi connectivity index (χ4n) is 3.93. The van der Waals surface area contributed by atoms with Gasteiger partial charge in [0.25, 0.3) is 0 Å². The molecular weight excluding hydrogens is 410 g/mol. The van der Waals surface area contributed by atoms with E-state index < -0.39 is 26.7 Å². The fourth-order valence-corrected chi connectivity index (χ4v) is 7.03. The first-order chi connectivity index (χ1) is 13.8. The number of H-pyrrole nitrogens is 1. The Hall–Kier alpha value is -1.91. The smallest absolute Gasteiger partial charge is 0.240 e. The third-order valence-corrected chi connectivity index (χ3v) is 8.99. The van der Waals surface area contributed by atoms with E-state index in [1.54, 1.807) is 30.5 Å². The van der Waals surface area contributed by atoms with Crippen molar-refractivity contribution < 1.29 is 17.5 Å². The Balaban J connectivity index is 1.41. The van der Waals surface area contributed by atoms with Crippen LogP contribution in [0.3, 0.4) is 0 Å². The second-order valence-corrected chi connectivity index (χ2v) is 12.0. The molecule has 1 aromatic carbocycles. The first-order valence-corrected chi connectivity index (χ1v) is 13.0. The Labute approximate surface area is 171 Å². The minimum absolute atomic E-state index is 0.0795. The molecule has 2 aliphatic rings. The highest BCUT2D eigenvalue weighted by Gasteiger charge is 2.31. The number of hydrogen-bond donors (Lipinski definition) is 4. The lowest BCUT2D eigenvalue weighted by atomic mass is 10.0. The number of fused-ring (bicyclic) bond motifs is 1. The van der Waals surface area contributed by atoms with Gasteiger partial charge in [0, 0.05) is 29.1 Å². The van der Waals surface area contributed by atoms with Crippen molar-refractivity contribution in [3.8, 4) is 11.1 Å². The highest BCUT2D eigenvalue weighted by molar-refractivity contribution is 8.24. The summed E-state index contributed by atoms with van der Waals surface area (Å²) < 4.78 is 47.4. The number of hydrogen-bond acceptors (Lipinski definition) is 5. The van der Waals surface area contributed by atoms with Crippen molar-refractivity contribution >= 4 is 31.6 Å². The van der Waals surface area contributed by atoms with Crippen LogP contribution in [0.1, 0.15) is 30.9 Å². The van der Waals surface area contributed by atoms with Gasteiger partial charge in [-0.3, -0.25) is 9.11 Å². The van der Waals surface area contributed by atoms with E-state index in [1.165, 1.54) is 18.5 Å². The van der Waals surface area contributed by atoms with Gasteiger partial charge in [-0.05, 0) is 60.6 Å². The minimum Gasteiger partial charge on any atom is -0.343 e. The molecule has 1 unspecified atom stereocenters. The van der Waals surface area contributed by atoms with Crippen LogP contribution in [-0.2, 0) is 10.0 Å². The van der Waals surface area contributed by atoms with Crippen LogP contribution in [0.4, 0.5) is 0 Å². The van der Waals surface area contributed by atoms with E-state index in [4.69, 9.17) is 0 Å². The second-order valence-electron chi connectivity index (χ2n) is 7.92. The molecule has 2 aromatic heterocycles. The van der Waals surface area contributed by atoms with Gasteiger partial charge in [-0.15, -0.1) is 0 Å². The number of rotatable bonds is 5. The van der Waals surface area contributed by atoms with E-state index in [2.05, 4.69) is 20.8 Å². The molecule has 154 valence electrons. The fraction of sp³-hybridized carbons (Fsp3) is 0.350. The SMILES string of the molecule is O=S(=O)(NC1CCS(O)(O)C1)c1ccc(-c2ccnc3[nH]c(C4CC4)cc23)cc1. The van der Waals surface area contributed by atoms with Gasteiger partial charge < -0.3 is 4.98 Å². The standard InChI is InChI=1S/C20H23N3O4S2/c24-28(25)10-8-15(12-28)23-29(26,27)16-5-3-13(4-6-16)17-7-9-21-20-18(17)11-19(22-20)14-1-2-14/h3-7,9,11,14-15,23-25H,1-2,8,10,12H2,(H,21,22). The summed E-state index contributed by atoms with van der Waals surface area (Å²) in [6.07, 6.45) is 4.61. The lowest BCUT2D eigenvalue weighted by molar-refractivity contribution is 0.494. The molecule has 2 fully saturated rings. The first kappa shape index (κ1) is 19.1. The third kappa shape index (κ3) is 3.80. The zero-order chi connectivity index (χ0) is 20.2. The topological polar surface area (TPSA) is 115 Å². The molecule has 1 atom stereocenters. The molecular formula is C20H23N3O4S2. The van der Waals surface area contributed by atoms with E-state index >= 15 is 0 Å². The summed E-state index contributed by atoms with van der Waals surface area (Å²) in [4.78, 5) is 7.99. The summed E-state index contributed by atoms with van der Waals surface area (Å²) in [5.41, 5.74) is 4.00. The zero-order valence-electron chi connectivity index (χ0n) is 15.7. The van der Waals surface area contributed by atoms with Crippen LogP contribution in [0.5, 0.6) is 0 Å². The lowest BCUT2D eigenvalue weighted by Crippen LogP contribution is -2.35. The minimum atomic E-state index is -3.71. The van der Waals surface area contributed by atoms with Gasteiger partial charge in [0.15, 0.2) is 0 Å². The lowest BCUT2D eigenvalue weighted by Gasteiger charge is -2.26. The number of nitrogens with zero attached hydrogens (tertiary/aromatic N) is 1. The van der Waals surface area contributed by atoms with Gasteiger partial charge in [-0.25, -0.2) is 18.1 Å². The van der Waals surface area contributed by atoms with Crippen LogP contribution < -0.4 is 4.72 Å². The average molecular weight is 434 g/mol. The summed E-state index contributed by atoms with van der Waals surface area (Å²) in [5, 5.41) is 1.04. The molecule has 0 spiro atoms. The Morgan fingerprint density at radius 2 is 1.86 bits per heavy atom. The largest absolute Gasteiger partial charge is 0.343 e. The Kier molecular flexibility index (Phi) is 4.48. The molecule has 1 saturated carbocycles. The van der Waals surface area contributed by atoms with Crippen molar-refractivity contribution in [2.24, 2.45) is 0 Å². The average Bonchev–Trinajstić information content (AvgIpc) is 3.35. The van der Waals surface area contributed by atoms with Gasteiger partial charge >= 0.3 is 0 Å². The number of aromatic nitrogens is 2. The Morgan fingerprint density at radius 3 is 2.52 bits per heavy atom. The number of nitrogens with one attached hydrogen (secondary N) is 2. The van der Waals surface area contributed by atoms with Gasteiger partial charge in [-0.2, -0.15) is 10.6 Å². The second kappa shape index (κ2) is 6.82. The Bertz CT molecular complexity index is 1170. The molecule has 3 heterocycles. The molecule has 4 N–H and O–H groups in total. The molecule has 9 heteroatoms. The van der Waals surface area contributed by atoms with Crippen molar-refractivity contribution in [3.63, 3.8) is 0 Å². The van der Waals surface area contributed by atoms with Gasteiger partial charge in [0.05, 0.1) is 10.6 Å². The van der Waals surface area contributed by atoms with Crippen LogP contribution >= 0.6 is 10.6 Å². The molecule has 3 aromatic rings. The number of pyridine rings is 1. The summed E-state index contributed by atoms with van der Waals surface area (Å²) >= 11 is 0. The molecule has 7 nitrogen and oxygen atoms in total. The predicted molar refractivity (Wildman–Crippen MR) is 115 cm³/mol. The Morgan fingerprint density at radius 1 is 1.10 bits per heavy atom. The van der Waals surface area contributed by atoms with E-state index in [9.17, 15) is 17.5 Å². The maximum absolute atomic E-state index is 12.7. The maximum atomic E-state index is 12.7. The van der Waals surface area contributed by atoms with E-state index in [0.717, 1.165) is 22.2 Å². The monoisotopic (exact) mass is 433 g/mol. The van der Waals surface area contributed by atoms with Crippen molar-refractivity contribution in [2.75, 3.05) is 11.5 Å². The summed E-state index contributed by atoms with van der Waals surface area (Å²) in [6, 6.07) is 10.4. The number of sulfonamides is 1. The molecule has 5 rings (SSSR count). The summed E-state index contributed by atoms with van der Waals surface area (Å²) in [6.45, 7) is 0. The molecule has 1 saturated heterocycles. The molecule has 1 aliphatic carbocycles. The normalized spacial score (nSPS) is 22.8. The summed E-state index contributed by atoms with van der Waals surface area (Å²) in [5.74, 6) is 0.928. The van der Waals surface area contributed by atoms with Gasteiger partial charge in [0.2, 0.25) is 10.0 Å². The first-order valence-electron chi connectivity index (χ1n) is 9.65. The third-order valence-electron chi connectivity index (χ3n) is 5.63. The van der Waals surface area contributed by atoms with E-state index in [0.29, 0.717) is 12.3 Å². The summed E-state index contributed by atoms with van der Waals surface area (Å²) in [7, 11) is -6.36. The van der Waals surface area contributed by atoms with Crippen LogP contribution in [0.25, 0.3) is 22.2 Å². The zero-order valence-corrected chi connectivity index (χ0v) is 17.3. The number of aromatic amines is 1. The van der Waals surface area contributed by atoms with Gasteiger partial charge in [0.1, 0.15) is 5.65 Å². The highest BCUT2D eigenvalue weighted by Crippen LogP contribution is 2.46. The maximum Gasteiger partial charge on any atom is 0.240 e. The quantitative estimate of drug-likeness (QED) is 0.487. The van der Waals surface area contributed by atoms with Crippen LogP contribution in [0.15, 0.2) is 47.5 Å². The van der Waals surface area contributed by atoms with Crippen molar-refractivity contribution in [3.05, 3.63) is 48.3 Å². The molecule has 29 heavy (non-hydrogen) atoms. The highest BCUT2D eigenvalue weighted by atomic mass is 32.3. The predicted octanol–water partition coefficient (Wildman–Crippen LogP) is 3.91. The van der Waals surface area contributed by atoms with Crippen molar-refractivity contribution in [1.29, 1.82) is 0 Å². The number of benzene rings is 1. The van der Waals surface area contributed by atoms with Crippen molar-refractivity contribution in [2.45, 2.75) is 36.1 Å².